The van der Waals surface area contributed by atoms with Gasteiger partial charge in [0.1, 0.15) is 16.3 Å². The normalized spacial score (nSPS) is 13.6. The largest absolute Gasteiger partial charge is 0.346 e. The summed E-state index contributed by atoms with van der Waals surface area (Å²) in [4.78, 5) is 7.70. The Morgan fingerprint density at radius 3 is 3.05 bits per heavy atom. The minimum atomic E-state index is -0.333. The van der Waals surface area contributed by atoms with Crippen LogP contribution in [0, 0.1) is 10.5 Å². The Morgan fingerprint density at radius 1 is 1.42 bits per heavy atom. The number of hydrogen-bond donors (Lipinski definition) is 1. The van der Waals surface area contributed by atoms with Crippen molar-refractivity contribution in [3.05, 3.63) is 56.3 Å². The number of nitrogens with zero attached hydrogens (tertiary/aromatic N) is 1. The Balaban J connectivity index is 1.96. The predicted molar refractivity (Wildman–Crippen MR) is 78.6 cm³/mol. The number of hydrogen-bond acceptors (Lipinski definition) is 3. The molecule has 0 atom stereocenters. The molecular formula is C13H10ClFN2S2. The summed E-state index contributed by atoms with van der Waals surface area (Å²) in [7, 11) is 0. The number of halogens is 2. The van der Waals surface area contributed by atoms with Crippen molar-refractivity contribution in [3.8, 4) is 0 Å². The Labute approximate surface area is 124 Å². The molecule has 0 bridgehead atoms. The van der Waals surface area contributed by atoms with Gasteiger partial charge in [-0.2, -0.15) is 11.8 Å². The van der Waals surface area contributed by atoms with Gasteiger partial charge < -0.3 is 4.98 Å². The molecule has 0 saturated carbocycles. The first-order valence-electron chi connectivity index (χ1n) is 5.76. The molecular weight excluding hydrogens is 303 g/mol. The third-order valence-electron chi connectivity index (χ3n) is 3.02. The van der Waals surface area contributed by atoms with Crippen LogP contribution < -0.4 is 0 Å². The van der Waals surface area contributed by atoms with Crippen LogP contribution in [0.4, 0.5) is 4.39 Å². The standard InChI is InChI=1S/C13H10ClFN2S2/c14-10-4-8(15)2-1-7(10)3-12-16-11-6-19-5-9(11)13(18)17-12/h1-2,4H,3,5-6H2,(H,16,17,18). The smallest absolute Gasteiger partial charge is 0.134 e. The summed E-state index contributed by atoms with van der Waals surface area (Å²) in [5, 5.41) is 0.413. The van der Waals surface area contributed by atoms with E-state index in [4.69, 9.17) is 23.8 Å². The van der Waals surface area contributed by atoms with Gasteiger partial charge in [-0.15, -0.1) is 0 Å². The molecule has 1 aromatic heterocycles. The van der Waals surface area contributed by atoms with Gasteiger partial charge in [0.15, 0.2) is 0 Å². The van der Waals surface area contributed by atoms with Crippen LogP contribution in [0.3, 0.4) is 0 Å². The Hall–Kier alpha value is -0.910. The molecule has 19 heavy (non-hydrogen) atoms. The molecule has 1 aliphatic rings. The lowest BCUT2D eigenvalue weighted by Gasteiger charge is -2.07. The molecule has 1 aliphatic heterocycles. The lowest BCUT2D eigenvalue weighted by Crippen LogP contribution is -2.02. The van der Waals surface area contributed by atoms with E-state index in [0.29, 0.717) is 16.1 Å². The fourth-order valence-corrected chi connectivity index (χ4v) is 3.75. The van der Waals surface area contributed by atoms with Crippen molar-refractivity contribution in [2.75, 3.05) is 0 Å². The first-order valence-corrected chi connectivity index (χ1v) is 7.70. The average molecular weight is 313 g/mol. The van der Waals surface area contributed by atoms with Gasteiger partial charge in [-0.1, -0.05) is 29.9 Å². The molecule has 98 valence electrons. The van der Waals surface area contributed by atoms with E-state index in [1.54, 1.807) is 6.07 Å². The monoisotopic (exact) mass is 312 g/mol. The Kier molecular flexibility index (Phi) is 3.60. The molecule has 0 amide bonds. The lowest BCUT2D eigenvalue weighted by atomic mass is 10.1. The number of aromatic amines is 1. The summed E-state index contributed by atoms with van der Waals surface area (Å²) >= 11 is 13.1. The average Bonchev–Trinajstić information content (AvgIpc) is 2.81. The molecule has 2 aromatic rings. The fourth-order valence-electron chi connectivity index (χ4n) is 2.05. The highest BCUT2D eigenvalue weighted by Crippen LogP contribution is 2.29. The van der Waals surface area contributed by atoms with Crippen molar-refractivity contribution in [1.29, 1.82) is 0 Å². The number of fused-ring (bicyclic) bond motifs is 1. The lowest BCUT2D eigenvalue weighted by molar-refractivity contribution is 0.627. The molecule has 0 unspecified atom stereocenters. The Morgan fingerprint density at radius 2 is 2.26 bits per heavy atom. The number of benzene rings is 1. The summed E-state index contributed by atoms with van der Waals surface area (Å²) < 4.78 is 13.7. The van der Waals surface area contributed by atoms with Crippen molar-refractivity contribution < 1.29 is 4.39 Å². The van der Waals surface area contributed by atoms with E-state index < -0.39 is 0 Å². The van der Waals surface area contributed by atoms with Gasteiger partial charge in [0, 0.05) is 34.2 Å². The van der Waals surface area contributed by atoms with Gasteiger partial charge in [0.05, 0.1) is 0 Å². The van der Waals surface area contributed by atoms with Gasteiger partial charge in [0.25, 0.3) is 0 Å². The van der Waals surface area contributed by atoms with Crippen LogP contribution in [0.1, 0.15) is 22.6 Å². The number of nitrogens with one attached hydrogen (secondary N) is 1. The van der Waals surface area contributed by atoms with Crippen LogP contribution in [0.25, 0.3) is 0 Å². The molecule has 0 saturated heterocycles. The molecule has 6 heteroatoms. The van der Waals surface area contributed by atoms with E-state index in [0.717, 1.165) is 34.2 Å². The zero-order chi connectivity index (χ0) is 13.4. The van der Waals surface area contributed by atoms with Crippen molar-refractivity contribution in [2.24, 2.45) is 0 Å². The van der Waals surface area contributed by atoms with Crippen LogP contribution in [0.15, 0.2) is 18.2 Å². The van der Waals surface area contributed by atoms with Crippen molar-refractivity contribution in [3.63, 3.8) is 0 Å². The molecule has 0 aliphatic carbocycles. The topological polar surface area (TPSA) is 28.7 Å². The molecule has 3 rings (SSSR count). The number of aromatic nitrogens is 2. The summed E-state index contributed by atoms with van der Waals surface area (Å²) in [5.41, 5.74) is 3.12. The highest BCUT2D eigenvalue weighted by Gasteiger charge is 2.15. The van der Waals surface area contributed by atoms with Crippen LogP contribution in [0.5, 0.6) is 0 Å². The quantitative estimate of drug-likeness (QED) is 0.840. The Bertz CT molecular complexity index is 700. The first-order chi connectivity index (χ1) is 9.13. The maximum Gasteiger partial charge on any atom is 0.134 e. The van der Waals surface area contributed by atoms with E-state index in [9.17, 15) is 4.39 Å². The first kappa shape index (κ1) is 13.1. The predicted octanol–water partition coefficient (Wildman–Crippen LogP) is 4.27. The van der Waals surface area contributed by atoms with E-state index in [2.05, 4.69) is 9.97 Å². The molecule has 2 nitrogen and oxygen atoms in total. The van der Waals surface area contributed by atoms with E-state index in [1.807, 2.05) is 11.8 Å². The highest BCUT2D eigenvalue weighted by molar-refractivity contribution is 7.98. The maximum absolute atomic E-state index is 13.0. The van der Waals surface area contributed by atoms with Gasteiger partial charge in [-0.25, -0.2) is 9.37 Å². The van der Waals surface area contributed by atoms with E-state index in [1.165, 1.54) is 12.1 Å². The molecule has 1 N–H and O–H groups in total. The molecule has 2 heterocycles. The second-order valence-electron chi connectivity index (χ2n) is 4.35. The van der Waals surface area contributed by atoms with Gasteiger partial charge in [-0.3, -0.25) is 0 Å². The number of thioether (sulfide) groups is 1. The summed E-state index contributed by atoms with van der Waals surface area (Å²) in [5.74, 6) is 2.31. The van der Waals surface area contributed by atoms with Gasteiger partial charge in [0.2, 0.25) is 0 Å². The van der Waals surface area contributed by atoms with Crippen LogP contribution in [-0.4, -0.2) is 9.97 Å². The van der Waals surface area contributed by atoms with Crippen LogP contribution in [0.2, 0.25) is 5.02 Å². The third-order valence-corrected chi connectivity index (χ3v) is 4.70. The maximum atomic E-state index is 13.0. The summed E-state index contributed by atoms with van der Waals surface area (Å²) in [6.45, 7) is 0. The minimum Gasteiger partial charge on any atom is -0.346 e. The van der Waals surface area contributed by atoms with Crippen molar-refractivity contribution >= 4 is 35.6 Å². The minimum absolute atomic E-state index is 0.333. The zero-order valence-electron chi connectivity index (χ0n) is 9.87. The number of H-pyrrole nitrogens is 1. The number of rotatable bonds is 2. The second-order valence-corrected chi connectivity index (χ2v) is 6.13. The zero-order valence-corrected chi connectivity index (χ0v) is 12.3. The summed E-state index contributed by atoms with van der Waals surface area (Å²) in [6, 6.07) is 4.39. The molecule has 0 radical (unpaired) electrons. The highest BCUT2D eigenvalue weighted by atomic mass is 35.5. The molecule has 1 aromatic carbocycles. The molecule has 0 fully saturated rings. The SMILES string of the molecule is Fc1ccc(Cc2nc(=S)c3c([nH]2)CSC3)c(Cl)c1. The van der Waals surface area contributed by atoms with Crippen molar-refractivity contribution in [2.45, 2.75) is 17.9 Å². The van der Waals surface area contributed by atoms with Crippen molar-refractivity contribution in [1.82, 2.24) is 9.97 Å². The van der Waals surface area contributed by atoms with Crippen LogP contribution >= 0.6 is 35.6 Å². The molecule has 0 spiro atoms. The van der Waals surface area contributed by atoms with Gasteiger partial charge >= 0.3 is 0 Å². The van der Waals surface area contributed by atoms with Gasteiger partial charge in [-0.05, 0) is 17.7 Å². The van der Waals surface area contributed by atoms with E-state index >= 15 is 0 Å². The third kappa shape index (κ3) is 2.68. The summed E-state index contributed by atoms with van der Waals surface area (Å²) in [6.07, 6.45) is 0.528. The van der Waals surface area contributed by atoms with E-state index in [-0.39, 0.29) is 5.82 Å². The second kappa shape index (κ2) is 5.23. The van der Waals surface area contributed by atoms with Crippen LogP contribution in [-0.2, 0) is 17.9 Å². The fraction of sp³-hybridized carbons (Fsp3) is 0.231.